The number of aromatic nitrogens is 1. The molecule has 18 heavy (non-hydrogen) atoms. The molecule has 1 unspecified atom stereocenters. The van der Waals surface area contributed by atoms with Crippen molar-refractivity contribution in [3.05, 3.63) is 40.2 Å². The Morgan fingerprint density at radius 3 is 3.28 bits per heavy atom. The van der Waals surface area contributed by atoms with Gasteiger partial charge in [0.25, 0.3) is 0 Å². The quantitative estimate of drug-likeness (QED) is 0.914. The fourth-order valence-corrected chi connectivity index (χ4v) is 3.44. The van der Waals surface area contributed by atoms with Gasteiger partial charge in [-0.05, 0) is 42.3 Å². The second kappa shape index (κ2) is 4.98. The molecule has 1 N–H and O–H groups in total. The van der Waals surface area contributed by atoms with Crippen LogP contribution in [-0.2, 0) is 6.42 Å². The summed E-state index contributed by atoms with van der Waals surface area (Å²) < 4.78 is 5.15. The van der Waals surface area contributed by atoms with Crippen molar-refractivity contribution in [3.63, 3.8) is 0 Å². The van der Waals surface area contributed by atoms with E-state index in [4.69, 9.17) is 4.74 Å². The molecule has 0 fully saturated rings. The minimum Gasteiger partial charge on any atom is -0.481 e. The molecule has 0 amide bonds. The molecule has 94 valence electrons. The summed E-state index contributed by atoms with van der Waals surface area (Å²) in [6.45, 7) is 0. The van der Waals surface area contributed by atoms with Crippen LogP contribution in [0.4, 0.5) is 5.69 Å². The molecule has 0 saturated carbocycles. The summed E-state index contributed by atoms with van der Waals surface area (Å²) in [6.07, 6.45) is 5.45. The van der Waals surface area contributed by atoms with Gasteiger partial charge in [0.2, 0.25) is 5.88 Å². The first-order chi connectivity index (χ1) is 8.86. The van der Waals surface area contributed by atoms with Crippen molar-refractivity contribution in [2.75, 3.05) is 12.4 Å². The van der Waals surface area contributed by atoms with Crippen molar-refractivity contribution in [1.29, 1.82) is 0 Å². The molecule has 2 aromatic heterocycles. The number of thiophene rings is 1. The highest BCUT2D eigenvalue weighted by Gasteiger charge is 2.20. The van der Waals surface area contributed by atoms with Crippen molar-refractivity contribution in [3.8, 4) is 5.88 Å². The molecule has 0 spiro atoms. The molecule has 2 aromatic rings. The van der Waals surface area contributed by atoms with Crippen LogP contribution in [0.2, 0.25) is 0 Å². The highest BCUT2D eigenvalue weighted by molar-refractivity contribution is 7.10. The Labute approximate surface area is 111 Å². The van der Waals surface area contributed by atoms with Crippen LogP contribution >= 0.6 is 11.3 Å². The number of methoxy groups -OCH3 is 1. The van der Waals surface area contributed by atoms with E-state index in [-0.39, 0.29) is 0 Å². The maximum Gasteiger partial charge on any atom is 0.214 e. The Morgan fingerprint density at radius 2 is 2.39 bits per heavy atom. The van der Waals surface area contributed by atoms with Crippen LogP contribution in [0.5, 0.6) is 5.88 Å². The third kappa shape index (κ3) is 2.20. The van der Waals surface area contributed by atoms with Crippen molar-refractivity contribution in [2.45, 2.75) is 25.3 Å². The Morgan fingerprint density at radius 1 is 1.44 bits per heavy atom. The SMILES string of the molecule is COc1cc(NC2CCCc3sccc32)ccn1. The van der Waals surface area contributed by atoms with E-state index in [9.17, 15) is 0 Å². The maximum absolute atomic E-state index is 5.15. The zero-order valence-electron chi connectivity index (χ0n) is 10.3. The first-order valence-corrected chi connectivity index (χ1v) is 7.07. The first kappa shape index (κ1) is 11.5. The number of pyridine rings is 1. The molecule has 0 bridgehead atoms. The van der Waals surface area contributed by atoms with E-state index in [0.717, 1.165) is 5.69 Å². The lowest BCUT2D eigenvalue weighted by atomic mass is 9.94. The highest BCUT2D eigenvalue weighted by atomic mass is 32.1. The predicted molar refractivity (Wildman–Crippen MR) is 74.4 cm³/mol. The summed E-state index contributed by atoms with van der Waals surface area (Å²) in [7, 11) is 1.64. The number of anilines is 1. The molecular weight excluding hydrogens is 244 g/mol. The minimum absolute atomic E-state index is 0.423. The Bertz CT molecular complexity index is 538. The normalized spacial score (nSPS) is 18.2. The Kier molecular flexibility index (Phi) is 3.19. The van der Waals surface area contributed by atoms with Crippen LogP contribution in [0.3, 0.4) is 0 Å². The van der Waals surface area contributed by atoms with Crippen molar-refractivity contribution >= 4 is 17.0 Å². The maximum atomic E-state index is 5.15. The molecule has 0 radical (unpaired) electrons. The van der Waals surface area contributed by atoms with Gasteiger partial charge in [-0.2, -0.15) is 0 Å². The topological polar surface area (TPSA) is 34.1 Å². The van der Waals surface area contributed by atoms with Crippen LogP contribution in [0.25, 0.3) is 0 Å². The van der Waals surface area contributed by atoms with Gasteiger partial charge >= 0.3 is 0 Å². The lowest BCUT2D eigenvalue weighted by Crippen LogP contribution is -2.15. The fourth-order valence-electron chi connectivity index (χ4n) is 2.45. The number of hydrogen-bond donors (Lipinski definition) is 1. The number of ether oxygens (including phenoxy) is 1. The third-order valence-electron chi connectivity index (χ3n) is 3.34. The van der Waals surface area contributed by atoms with Gasteiger partial charge in [-0.1, -0.05) is 0 Å². The monoisotopic (exact) mass is 260 g/mol. The summed E-state index contributed by atoms with van der Waals surface area (Å²) in [5, 5.41) is 5.78. The number of fused-ring (bicyclic) bond motifs is 1. The highest BCUT2D eigenvalue weighted by Crippen LogP contribution is 2.35. The lowest BCUT2D eigenvalue weighted by molar-refractivity contribution is 0.398. The van der Waals surface area contributed by atoms with Gasteiger partial charge in [0.1, 0.15) is 0 Å². The van der Waals surface area contributed by atoms with E-state index in [1.54, 1.807) is 13.3 Å². The van der Waals surface area contributed by atoms with E-state index in [2.05, 4.69) is 21.7 Å². The molecule has 0 saturated heterocycles. The minimum atomic E-state index is 0.423. The number of aryl methyl sites for hydroxylation is 1. The zero-order chi connectivity index (χ0) is 12.4. The van der Waals surface area contributed by atoms with Crippen LogP contribution < -0.4 is 10.1 Å². The van der Waals surface area contributed by atoms with Gasteiger partial charge in [-0.3, -0.25) is 0 Å². The lowest BCUT2D eigenvalue weighted by Gasteiger charge is -2.24. The van der Waals surface area contributed by atoms with E-state index < -0.39 is 0 Å². The standard InChI is InChI=1S/C14H16N2OS/c1-17-14-9-10(5-7-15-14)16-12-3-2-4-13-11(12)6-8-18-13/h5-9,12H,2-4H2,1H3,(H,15,16). The van der Waals surface area contributed by atoms with Crippen LogP contribution in [0, 0.1) is 0 Å². The Balaban J connectivity index is 1.81. The average molecular weight is 260 g/mol. The van der Waals surface area contributed by atoms with E-state index in [1.807, 2.05) is 23.5 Å². The van der Waals surface area contributed by atoms with Crippen LogP contribution in [0.15, 0.2) is 29.8 Å². The molecule has 1 atom stereocenters. The second-order valence-electron chi connectivity index (χ2n) is 4.48. The van der Waals surface area contributed by atoms with Gasteiger partial charge in [-0.25, -0.2) is 4.98 Å². The zero-order valence-corrected chi connectivity index (χ0v) is 11.2. The number of nitrogens with zero attached hydrogens (tertiary/aromatic N) is 1. The van der Waals surface area contributed by atoms with Crippen molar-refractivity contribution in [2.24, 2.45) is 0 Å². The Hall–Kier alpha value is -1.55. The van der Waals surface area contributed by atoms with Gasteiger partial charge < -0.3 is 10.1 Å². The summed E-state index contributed by atoms with van der Waals surface area (Å²) in [5.74, 6) is 0.654. The van der Waals surface area contributed by atoms with Crippen molar-refractivity contribution in [1.82, 2.24) is 4.98 Å². The molecule has 4 heteroatoms. The van der Waals surface area contributed by atoms with Gasteiger partial charge in [-0.15, -0.1) is 11.3 Å². The molecule has 1 aliphatic rings. The molecule has 0 aromatic carbocycles. The number of hydrogen-bond acceptors (Lipinski definition) is 4. The second-order valence-corrected chi connectivity index (χ2v) is 5.48. The largest absolute Gasteiger partial charge is 0.481 e. The van der Waals surface area contributed by atoms with Gasteiger partial charge in [0, 0.05) is 22.8 Å². The summed E-state index contributed by atoms with van der Waals surface area (Å²) in [5.41, 5.74) is 2.54. The van der Waals surface area contributed by atoms with Crippen LogP contribution in [-0.4, -0.2) is 12.1 Å². The molecule has 1 aliphatic carbocycles. The number of rotatable bonds is 3. The van der Waals surface area contributed by atoms with E-state index >= 15 is 0 Å². The predicted octanol–water partition coefficient (Wildman–Crippen LogP) is 3.64. The molecule has 3 nitrogen and oxygen atoms in total. The number of nitrogens with one attached hydrogen (secondary N) is 1. The van der Waals surface area contributed by atoms with Gasteiger partial charge in [0.15, 0.2) is 0 Å². The molecule has 3 rings (SSSR count). The average Bonchev–Trinajstić information content (AvgIpc) is 2.88. The first-order valence-electron chi connectivity index (χ1n) is 6.19. The molecule has 0 aliphatic heterocycles. The smallest absolute Gasteiger partial charge is 0.214 e. The summed E-state index contributed by atoms with van der Waals surface area (Å²) in [4.78, 5) is 5.65. The fraction of sp³-hybridized carbons (Fsp3) is 0.357. The third-order valence-corrected chi connectivity index (χ3v) is 4.33. The molecular formula is C14H16N2OS. The van der Waals surface area contributed by atoms with Gasteiger partial charge in [0.05, 0.1) is 13.2 Å². The summed E-state index contributed by atoms with van der Waals surface area (Å²) >= 11 is 1.87. The van der Waals surface area contributed by atoms with E-state index in [1.165, 1.54) is 29.7 Å². The van der Waals surface area contributed by atoms with E-state index in [0.29, 0.717) is 11.9 Å². The van der Waals surface area contributed by atoms with Crippen LogP contribution in [0.1, 0.15) is 29.3 Å². The summed E-state index contributed by atoms with van der Waals surface area (Å²) in [6, 6.07) is 6.60. The van der Waals surface area contributed by atoms with Crippen molar-refractivity contribution < 1.29 is 4.74 Å². The molecule has 2 heterocycles.